The molecule has 0 aromatic heterocycles. The van der Waals surface area contributed by atoms with Gasteiger partial charge in [-0.1, -0.05) is 28.1 Å². The molecule has 0 spiro atoms. The highest BCUT2D eigenvalue weighted by Crippen LogP contribution is 2.11. The molecule has 1 fully saturated rings. The van der Waals surface area contributed by atoms with Crippen molar-refractivity contribution in [2.75, 3.05) is 60.4 Å². The zero-order valence-electron chi connectivity index (χ0n) is 15.8. The highest BCUT2D eigenvalue weighted by atomic mass is 79.9. The molecule has 1 aliphatic rings. The Balaban J connectivity index is 1.69. The number of benzene rings is 1. The van der Waals surface area contributed by atoms with Crippen molar-refractivity contribution < 1.29 is 0 Å². The summed E-state index contributed by atoms with van der Waals surface area (Å²) in [6.07, 6.45) is 2.43. The lowest BCUT2D eigenvalue weighted by Gasteiger charge is -2.23. The Morgan fingerprint density at radius 1 is 1.20 bits per heavy atom. The quantitative estimate of drug-likeness (QED) is 0.444. The van der Waals surface area contributed by atoms with Crippen molar-refractivity contribution in [3.8, 4) is 0 Å². The minimum Gasteiger partial charge on any atom is -0.356 e. The van der Waals surface area contributed by atoms with Gasteiger partial charge in [0.2, 0.25) is 0 Å². The Hall–Kier alpha value is -1.11. The van der Waals surface area contributed by atoms with Gasteiger partial charge in [-0.15, -0.1) is 0 Å². The van der Waals surface area contributed by atoms with Crippen LogP contribution in [0.3, 0.4) is 0 Å². The van der Waals surface area contributed by atoms with Gasteiger partial charge in [-0.25, -0.2) is 0 Å². The number of nitrogens with zero attached hydrogens (tertiary/aromatic N) is 4. The van der Waals surface area contributed by atoms with E-state index < -0.39 is 0 Å². The van der Waals surface area contributed by atoms with Crippen LogP contribution in [0, 0.1) is 0 Å². The van der Waals surface area contributed by atoms with Gasteiger partial charge in [0, 0.05) is 44.7 Å². The second-order valence-electron chi connectivity index (χ2n) is 6.81. The Kier molecular flexibility index (Phi) is 8.72. The molecule has 1 heterocycles. The summed E-state index contributed by atoms with van der Waals surface area (Å²) in [5, 5.41) is 3.49. The number of hydrogen-bond donors (Lipinski definition) is 1. The lowest BCUT2D eigenvalue weighted by molar-refractivity contribution is 0.273. The number of hydrogen-bond acceptors (Lipinski definition) is 3. The molecule has 0 aliphatic carbocycles. The van der Waals surface area contributed by atoms with Crippen LogP contribution in [-0.4, -0.2) is 81.1 Å². The summed E-state index contributed by atoms with van der Waals surface area (Å²) in [6, 6.07) is 8.45. The van der Waals surface area contributed by atoms with Crippen molar-refractivity contribution in [2.24, 2.45) is 4.99 Å². The van der Waals surface area contributed by atoms with Crippen LogP contribution in [0.2, 0.25) is 0 Å². The van der Waals surface area contributed by atoms with E-state index in [0.717, 1.165) is 36.5 Å². The molecule has 1 aromatic rings. The first-order valence-electron chi connectivity index (χ1n) is 9.15. The van der Waals surface area contributed by atoms with Gasteiger partial charge >= 0.3 is 0 Å². The molecule has 25 heavy (non-hydrogen) atoms. The van der Waals surface area contributed by atoms with E-state index in [1.54, 1.807) is 0 Å². The topological polar surface area (TPSA) is 34.1 Å². The van der Waals surface area contributed by atoms with E-state index >= 15 is 0 Å². The van der Waals surface area contributed by atoms with Crippen LogP contribution < -0.4 is 5.32 Å². The lowest BCUT2D eigenvalue weighted by atomic mass is 10.2. The third-order valence-electron chi connectivity index (χ3n) is 4.65. The van der Waals surface area contributed by atoms with E-state index in [2.05, 4.69) is 79.3 Å². The summed E-state index contributed by atoms with van der Waals surface area (Å²) < 4.78 is 1.11. The fourth-order valence-electron chi connectivity index (χ4n) is 3.15. The smallest absolute Gasteiger partial charge is 0.193 e. The van der Waals surface area contributed by atoms with Crippen LogP contribution in [0.4, 0.5) is 0 Å². The number of rotatable bonds is 6. The van der Waals surface area contributed by atoms with Crippen LogP contribution in [0.25, 0.3) is 0 Å². The van der Waals surface area contributed by atoms with E-state index in [1.807, 2.05) is 7.05 Å². The van der Waals surface area contributed by atoms with E-state index in [4.69, 9.17) is 0 Å². The molecule has 5 nitrogen and oxygen atoms in total. The molecule has 1 aromatic carbocycles. The average Bonchev–Trinajstić information content (AvgIpc) is 2.81. The third kappa shape index (κ3) is 7.34. The molecule has 1 N–H and O–H groups in total. The molecule has 0 atom stereocenters. The maximum absolute atomic E-state index is 4.41. The SMILES string of the molecule is CN=C(NCCCN1CCCN(C)CC1)N(C)Cc1ccc(Br)cc1. The Bertz CT molecular complexity index is 531. The highest BCUT2D eigenvalue weighted by Gasteiger charge is 2.11. The second kappa shape index (κ2) is 10.8. The van der Waals surface area contributed by atoms with Crippen molar-refractivity contribution in [3.63, 3.8) is 0 Å². The van der Waals surface area contributed by atoms with Gasteiger partial charge in [-0.05, 0) is 57.2 Å². The Morgan fingerprint density at radius 2 is 1.96 bits per heavy atom. The standard InChI is InChI=1S/C19H32BrN5/c1-21-19(24(3)16-17-6-8-18(20)9-7-17)22-10-4-12-25-13-5-11-23(2)14-15-25/h6-9H,4-5,10-16H2,1-3H3,(H,21,22). The molecular formula is C19H32BrN5. The van der Waals surface area contributed by atoms with Crippen LogP contribution in [0.5, 0.6) is 0 Å². The summed E-state index contributed by atoms with van der Waals surface area (Å²) in [5.74, 6) is 0.957. The first kappa shape index (κ1) is 20.2. The molecule has 0 radical (unpaired) electrons. The van der Waals surface area contributed by atoms with Gasteiger partial charge < -0.3 is 20.0 Å². The molecule has 2 rings (SSSR count). The number of halogens is 1. The van der Waals surface area contributed by atoms with Gasteiger partial charge in [0.15, 0.2) is 5.96 Å². The van der Waals surface area contributed by atoms with Gasteiger partial charge in [0.1, 0.15) is 0 Å². The zero-order valence-corrected chi connectivity index (χ0v) is 17.4. The minimum atomic E-state index is 0.853. The fraction of sp³-hybridized carbons (Fsp3) is 0.632. The normalized spacial score (nSPS) is 17.4. The van der Waals surface area contributed by atoms with Gasteiger partial charge in [-0.2, -0.15) is 0 Å². The predicted octanol–water partition coefficient (Wildman–Crippen LogP) is 2.48. The lowest BCUT2D eigenvalue weighted by Crippen LogP contribution is -2.40. The summed E-state index contributed by atoms with van der Waals surface area (Å²) in [7, 11) is 6.16. The molecule has 1 saturated heterocycles. The van der Waals surface area contributed by atoms with E-state index in [-0.39, 0.29) is 0 Å². The third-order valence-corrected chi connectivity index (χ3v) is 5.18. The van der Waals surface area contributed by atoms with Crippen LogP contribution in [-0.2, 0) is 6.54 Å². The number of aliphatic imine (C=N–C) groups is 1. The monoisotopic (exact) mass is 409 g/mol. The maximum atomic E-state index is 4.41. The van der Waals surface area contributed by atoms with E-state index in [9.17, 15) is 0 Å². The van der Waals surface area contributed by atoms with Crippen molar-refractivity contribution in [1.29, 1.82) is 0 Å². The molecule has 140 valence electrons. The van der Waals surface area contributed by atoms with Crippen LogP contribution >= 0.6 is 15.9 Å². The van der Waals surface area contributed by atoms with Crippen molar-refractivity contribution >= 4 is 21.9 Å². The molecule has 0 amide bonds. The molecule has 6 heteroatoms. The Morgan fingerprint density at radius 3 is 2.68 bits per heavy atom. The summed E-state index contributed by atoms with van der Waals surface area (Å²) in [5.41, 5.74) is 1.28. The van der Waals surface area contributed by atoms with E-state index in [0.29, 0.717) is 0 Å². The zero-order chi connectivity index (χ0) is 18.1. The Labute approximate surface area is 161 Å². The van der Waals surface area contributed by atoms with Gasteiger partial charge in [0.05, 0.1) is 0 Å². The molecule has 0 bridgehead atoms. The highest BCUT2D eigenvalue weighted by molar-refractivity contribution is 9.10. The number of likely N-dealkylation sites (N-methyl/N-ethyl adjacent to an activating group) is 1. The predicted molar refractivity (Wildman–Crippen MR) is 110 cm³/mol. The summed E-state index contributed by atoms with van der Waals surface area (Å²) in [4.78, 5) is 11.6. The minimum absolute atomic E-state index is 0.853. The van der Waals surface area contributed by atoms with Crippen molar-refractivity contribution in [3.05, 3.63) is 34.3 Å². The first-order chi connectivity index (χ1) is 12.1. The molecule has 0 saturated carbocycles. The summed E-state index contributed by atoms with van der Waals surface area (Å²) >= 11 is 3.48. The first-order valence-corrected chi connectivity index (χ1v) is 9.95. The molecular weight excluding hydrogens is 378 g/mol. The van der Waals surface area contributed by atoms with Crippen LogP contribution in [0.15, 0.2) is 33.7 Å². The second-order valence-corrected chi connectivity index (χ2v) is 7.72. The van der Waals surface area contributed by atoms with Crippen molar-refractivity contribution in [1.82, 2.24) is 20.0 Å². The average molecular weight is 410 g/mol. The van der Waals surface area contributed by atoms with Gasteiger partial charge in [0.25, 0.3) is 0 Å². The molecule has 1 aliphatic heterocycles. The van der Waals surface area contributed by atoms with Gasteiger partial charge in [-0.3, -0.25) is 4.99 Å². The largest absolute Gasteiger partial charge is 0.356 e. The van der Waals surface area contributed by atoms with E-state index in [1.165, 1.54) is 38.2 Å². The van der Waals surface area contributed by atoms with Crippen molar-refractivity contribution in [2.45, 2.75) is 19.4 Å². The fourth-order valence-corrected chi connectivity index (χ4v) is 3.41. The maximum Gasteiger partial charge on any atom is 0.193 e. The number of nitrogens with one attached hydrogen (secondary N) is 1. The van der Waals surface area contributed by atoms with Crippen LogP contribution in [0.1, 0.15) is 18.4 Å². The summed E-state index contributed by atoms with van der Waals surface area (Å²) in [6.45, 7) is 7.80. The molecule has 0 unspecified atom stereocenters. The number of guanidine groups is 1.